The van der Waals surface area contributed by atoms with E-state index in [0.29, 0.717) is 27.1 Å². The Morgan fingerprint density at radius 2 is 1.88 bits per heavy atom. The molecule has 0 fully saturated rings. The number of nitrogens with one attached hydrogen (secondary N) is 2. The van der Waals surface area contributed by atoms with Crippen LogP contribution in [0.3, 0.4) is 0 Å². The van der Waals surface area contributed by atoms with Crippen molar-refractivity contribution in [2.75, 3.05) is 10.6 Å². The fourth-order valence-electron chi connectivity index (χ4n) is 2.23. The number of para-hydroxylation sites is 1. The molecular weight excluding hydrogens is 363 g/mol. The third-order valence-corrected chi connectivity index (χ3v) is 4.34. The van der Waals surface area contributed by atoms with E-state index in [9.17, 15) is 4.79 Å². The van der Waals surface area contributed by atoms with Crippen LogP contribution in [0.4, 0.5) is 17.5 Å². The minimum Gasteiger partial charge on any atom is -0.480 e. The molecule has 1 atom stereocenters. The van der Waals surface area contributed by atoms with Crippen LogP contribution in [-0.4, -0.2) is 27.1 Å². The number of hydrogen-bond donors (Lipinski definition) is 3. The summed E-state index contributed by atoms with van der Waals surface area (Å²) < 4.78 is 0. The van der Waals surface area contributed by atoms with Crippen molar-refractivity contribution in [1.29, 1.82) is 0 Å². The van der Waals surface area contributed by atoms with Crippen molar-refractivity contribution in [3.8, 4) is 0 Å². The molecule has 0 aliphatic carbocycles. The van der Waals surface area contributed by atoms with Crippen LogP contribution in [0.1, 0.15) is 6.92 Å². The van der Waals surface area contributed by atoms with E-state index in [4.69, 9.17) is 28.3 Å². The van der Waals surface area contributed by atoms with E-state index in [-0.39, 0.29) is 5.95 Å². The number of halogens is 2. The molecule has 2 aromatic carbocycles. The molecule has 3 rings (SSSR count). The first kappa shape index (κ1) is 17.3. The van der Waals surface area contributed by atoms with Gasteiger partial charge in [0.25, 0.3) is 0 Å². The number of aromatic nitrogens is 2. The lowest BCUT2D eigenvalue weighted by Crippen LogP contribution is -2.26. The van der Waals surface area contributed by atoms with Crippen LogP contribution in [0.2, 0.25) is 10.0 Å². The molecule has 25 heavy (non-hydrogen) atoms. The molecule has 128 valence electrons. The summed E-state index contributed by atoms with van der Waals surface area (Å²) >= 11 is 12.2. The maximum Gasteiger partial charge on any atom is 0.325 e. The number of carbonyl (C=O) groups is 1. The summed E-state index contributed by atoms with van der Waals surface area (Å²) in [4.78, 5) is 20.0. The number of benzene rings is 2. The first-order chi connectivity index (χ1) is 12.0. The molecule has 0 radical (unpaired) electrons. The van der Waals surface area contributed by atoms with E-state index in [1.165, 1.54) is 0 Å². The molecule has 6 nitrogen and oxygen atoms in total. The molecule has 8 heteroatoms. The molecule has 3 aromatic rings. The van der Waals surface area contributed by atoms with E-state index in [1.54, 1.807) is 25.1 Å². The molecule has 0 aliphatic rings. The van der Waals surface area contributed by atoms with Gasteiger partial charge in [0.2, 0.25) is 5.95 Å². The van der Waals surface area contributed by atoms with Crippen molar-refractivity contribution >= 4 is 57.5 Å². The summed E-state index contributed by atoms with van der Waals surface area (Å²) in [6.45, 7) is 1.54. The second-order valence-electron chi connectivity index (χ2n) is 5.34. The van der Waals surface area contributed by atoms with Gasteiger partial charge in [-0.05, 0) is 31.2 Å². The van der Waals surface area contributed by atoms with Gasteiger partial charge < -0.3 is 15.7 Å². The fraction of sp³-hybridized carbons (Fsp3) is 0.118. The Morgan fingerprint density at radius 1 is 1.12 bits per heavy atom. The Balaban J connectivity index is 2.04. The smallest absolute Gasteiger partial charge is 0.325 e. The van der Waals surface area contributed by atoms with Gasteiger partial charge in [-0.25, -0.2) is 4.98 Å². The van der Waals surface area contributed by atoms with Crippen molar-refractivity contribution in [1.82, 2.24) is 9.97 Å². The third-order valence-electron chi connectivity index (χ3n) is 3.52. The van der Waals surface area contributed by atoms with Crippen LogP contribution in [0.5, 0.6) is 0 Å². The quantitative estimate of drug-likeness (QED) is 0.604. The van der Waals surface area contributed by atoms with Crippen LogP contribution in [-0.2, 0) is 4.79 Å². The summed E-state index contributed by atoms with van der Waals surface area (Å²) in [7, 11) is 0. The predicted molar refractivity (Wildman–Crippen MR) is 100 cm³/mol. The van der Waals surface area contributed by atoms with E-state index < -0.39 is 12.0 Å². The molecule has 0 amide bonds. The third kappa shape index (κ3) is 3.75. The number of nitrogens with zero attached hydrogens (tertiary/aromatic N) is 2. The molecule has 0 saturated carbocycles. The second kappa shape index (κ2) is 7.13. The van der Waals surface area contributed by atoms with Gasteiger partial charge in [-0.3, -0.25) is 4.79 Å². The highest BCUT2D eigenvalue weighted by molar-refractivity contribution is 6.43. The van der Waals surface area contributed by atoms with E-state index in [1.807, 2.05) is 24.3 Å². The zero-order valence-electron chi connectivity index (χ0n) is 13.1. The molecule has 3 N–H and O–H groups in total. The molecule has 1 unspecified atom stereocenters. The normalized spacial score (nSPS) is 12.0. The first-order valence-electron chi connectivity index (χ1n) is 7.43. The number of carboxylic acids is 1. The zero-order chi connectivity index (χ0) is 18.0. The average molecular weight is 377 g/mol. The lowest BCUT2D eigenvalue weighted by atomic mass is 10.2. The Labute approximate surface area is 153 Å². The number of rotatable bonds is 5. The first-order valence-corrected chi connectivity index (χ1v) is 8.18. The predicted octanol–water partition coefficient (Wildman–Crippen LogP) is 4.57. The Hall–Kier alpha value is -2.57. The van der Waals surface area contributed by atoms with Crippen LogP contribution in [0.25, 0.3) is 10.9 Å². The Kier molecular flexibility index (Phi) is 4.92. The minimum atomic E-state index is -0.977. The van der Waals surface area contributed by atoms with Gasteiger partial charge in [0, 0.05) is 5.39 Å². The van der Waals surface area contributed by atoms with E-state index in [2.05, 4.69) is 20.6 Å². The van der Waals surface area contributed by atoms with Crippen molar-refractivity contribution in [3.05, 3.63) is 52.5 Å². The van der Waals surface area contributed by atoms with Crippen molar-refractivity contribution in [3.63, 3.8) is 0 Å². The average Bonchev–Trinajstić information content (AvgIpc) is 2.59. The highest BCUT2D eigenvalue weighted by atomic mass is 35.5. The van der Waals surface area contributed by atoms with Gasteiger partial charge in [0.05, 0.1) is 21.2 Å². The van der Waals surface area contributed by atoms with Crippen LogP contribution in [0, 0.1) is 0 Å². The Bertz CT molecular complexity index is 949. The molecule has 0 aliphatic heterocycles. The largest absolute Gasteiger partial charge is 0.480 e. The standard InChI is InChI=1S/C17H14Cl2N4O2/c1-9(16(24)25)20-15-10-5-2-3-7-12(10)21-17(23-15)22-13-8-4-6-11(18)14(13)19/h2-9H,1H3,(H,24,25)(H2,20,21,22,23). The van der Waals surface area contributed by atoms with Crippen molar-refractivity contribution in [2.24, 2.45) is 0 Å². The Morgan fingerprint density at radius 3 is 2.64 bits per heavy atom. The highest BCUT2D eigenvalue weighted by Crippen LogP contribution is 2.32. The zero-order valence-corrected chi connectivity index (χ0v) is 14.6. The maximum atomic E-state index is 11.1. The van der Waals surface area contributed by atoms with Gasteiger partial charge >= 0.3 is 5.97 Å². The van der Waals surface area contributed by atoms with Gasteiger partial charge in [-0.2, -0.15) is 4.98 Å². The summed E-state index contributed by atoms with van der Waals surface area (Å²) in [6, 6.07) is 11.7. The summed E-state index contributed by atoms with van der Waals surface area (Å²) in [5, 5.41) is 16.5. The fourth-order valence-corrected chi connectivity index (χ4v) is 2.58. The number of hydrogen-bond acceptors (Lipinski definition) is 5. The summed E-state index contributed by atoms with van der Waals surface area (Å²) in [5.41, 5.74) is 1.22. The number of aliphatic carboxylic acids is 1. The van der Waals surface area contributed by atoms with Gasteiger partial charge in [-0.15, -0.1) is 0 Å². The lowest BCUT2D eigenvalue weighted by Gasteiger charge is -2.14. The van der Waals surface area contributed by atoms with E-state index in [0.717, 1.165) is 5.39 Å². The number of fused-ring (bicyclic) bond motifs is 1. The maximum absolute atomic E-state index is 11.1. The van der Waals surface area contributed by atoms with Crippen molar-refractivity contribution in [2.45, 2.75) is 13.0 Å². The minimum absolute atomic E-state index is 0.281. The van der Waals surface area contributed by atoms with Crippen LogP contribution >= 0.6 is 23.2 Å². The SMILES string of the molecule is CC(Nc1nc(Nc2cccc(Cl)c2Cl)nc2ccccc12)C(=O)O. The molecule has 0 saturated heterocycles. The molecule has 0 spiro atoms. The van der Waals surface area contributed by atoms with Gasteiger partial charge in [0.15, 0.2) is 0 Å². The number of carboxylic acid groups (broad SMARTS) is 1. The molecular formula is C17H14Cl2N4O2. The van der Waals surface area contributed by atoms with Gasteiger partial charge in [0.1, 0.15) is 11.9 Å². The van der Waals surface area contributed by atoms with Crippen molar-refractivity contribution < 1.29 is 9.90 Å². The van der Waals surface area contributed by atoms with Gasteiger partial charge in [-0.1, -0.05) is 41.4 Å². The van der Waals surface area contributed by atoms with Crippen LogP contribution < -0.4 is 10.6 Å². The summed E-state index contributed by atoms with van der Waals surface area (Å²) in [5.74, 6) is -0.279. The number of anilines is 3. The summed E-state index contributed by atoms with van der Waals surface area (Å²) in [6.07, 6.45) is 0. The topological polar surface area (TPSA) is 87.1 Å². The lowest BCUT2D eigenvalue weighted by molar-refractivity contribution is -0.137. The van der Waals surface area contributed by atoms with E-state index >= 15 is 0 Å². The molecule has 0 bridgehead atoms. The monoisotopic (exact) mass is 376 g/mol. The highest BCUT2D eigenvalue weighted by Gasteiger charge is 2.15. The van der Waals surface area contributed by atoms with Crippen LogP contribution in [0.15, 0.2) is 42.5 Å². The molecule has 1 heterocycles. The second-order valence-corrected chi connectivity index (χ2v) is 6.13. The molecule has 1 aromatic heterocycles.